The molecule has 0 radical (unpaired) electrons. The van der Waals surface area contributed by atoms with E-state index in [0.29, 0.717) is 5.76 Å². The molecule has 0 unspecified atom stereocenters. The highest BCUT2D eigenvalue weighted by atomic mass is 16.4. The van der Waals surface area contributed by atoms with E-state index >= 15 is 0 Å². The highest BCUT2D eigenvalue weighted by Crippen LogP contribution is 2.10. The fourth-order valence-corrected chi connectivity index (χ4v) is 1.05. The van der Waals surface area contributed by atoms with E-state index in [4.69, 9.17) is 9.68 Å². The normalized spacial score (nSPS) is 9.50. The maximum atomic E-state index is 11.5. The van der Waals surface area contributed by atoms with E-state index in [1.54, 1.807) is 19.2 Å². The maximum absolute atomic E-state index is 11.5. The average molecular weight is 192 g/mol. The predicted octanol–water partition coefficient (Wildman–Crippen LogP) is 1.44. The number of carbonyl (C=O) groups excluding carboxylic acids is 1. The number of nitrogens with zero attached hydrogens (tertiary/aromatic N) is 2. The summed E-state index contributed by atoms with van der Waals surface area (Å²) in [6.45, 7) is 2.02. The van der Waals surface area contributed by atoms with Crippen LogP contribution in [0.4, 0.5) is 0 Å². The molecule has 0 N–H and O–H groups in total. The van der Waals surface area contributed by atoms with Gasteiger partial charge in [-0.15, -0.1) is 0 Å². The predicted molar refractivity (Wildman–Crippen MR) is 50.7 cm³/mol. The average Bonchev–Trinajstić information content (AvgIpc) is 2.65. The van der Waals surface area contributed by atoms with E-state index in [1.165, 1.54) is 4.90 Å². The summed E-state index contributed by atoms with van der Waals surface area (Å²) in [5.41, 5.74) is 0. The lowest BCUT2D eigenvalue weighted by Crippen LogP contribution is -2.26. The second-order valence-corrected chi connectivity index (χ2v) is 2.94. The van der Waals surface area contributed by atoms with Crippen LogP contribution in [0.25, 0.3) is 0 Å². The van der Waals surface area contributed by atoms with Crippen molar-refractivity contribution in [3.8, 4) is 6.07 Å². The van der Waals surface area contributed by atoms with Gasteiger partial charge in [0.2, 0.25) is 0 Å². The Morgan fingerprint density at radius 2 is 2.36 bits per heavy atom. The smallest absolute Gasteiger partial charge is 0.290 e. The number of rotatable bonds is 3. The molecule has 4 heteroatoms. The van der Waals surface area contributed by atoms with Crippen molar-refractivity contribution in [2.45, 2.75) is 13.3 Å². The van der Waals surface area contributed by atoms with Gasteiger partial charge in [-0.2, -0.15) is 5.26 Å². The molecule has 0 aliphatic rings. The number of hydrogen-bond acceptors (Lipinski definition) is 3. The van der Waals surface area contributed by atoms with Gasteiger partial charge in [-0.1, -0.05) is 6.92 Å². The summed E-state index contributed by atoms with van der Waals surface area (Å²) in [6.07, 6.45) is 0.759. The van der Waals surface area contributed by atoms with E-state index in [-0.39, 0.29) is 12.5 Å². The summed E-state index contributed by atoms with van der Waals surface area (Å²) in [6, 6.07) is 5.31. The van der Waals surface area contributed by atoms with Gasteiger partial charge in [0.25, 0.3) is 5.91 Å². The molecule has 1 amide bonds. The first kappa shape index (κ1) is 10.3. The number of furan rings is 1. The molecule has 0 spiro atoms. The van der Waals surface area contributed by atoms with E-state index in [2.05, 4.69) is 0 Å². The van der Waals surface area contributed by atoms with Crippen LogP contribution >= 0.6 is 0 Å². The van der Waals surface area contributed by atoms with E-state index < -0.39 is 0 Å². The molecule has 74 valence electrons. The number of hydrogen-bond donors (Lipinski definition) is 0. The standard InChI is InChI=1S/C10H12N2O2/c1-3-8-4-5-9(14-8)10(13)12(2)7-6-11/h4-5H,3,7H2,1-2H3. The van der Waals surface area contributed by atoms with E-state index in [1.807, 2.05) is 13.0 Å². The molecule has 0 bridgehead atoms. The second kappa shape index (κ2) is 4.47. The third-order valence-electron chi connectivity index (χ3n) is 1.88. The van der Waals surface area contributed by atoms with Gasteiger partial charge < -0.3 is 9.32 Å². The molecular formula is C10H12N2O2. The molecule has 1 aromatic heterocycles. The first-order valence-corrected chi connectivity index (χ1v) is 4.40. The van der Waals surface area contributed by atoms with Crippen molar-refractivity contribution in [3.05, 3.63) is 23.7 Å². The van der Waals surface area contributed by atoms with Crippen LogP contribution in [0.1, 0.15) is 23.2 Å². The van der Waals surface area contributed by atoms with Crippen molar-refractivity contribution < 1.29 is 9.21 Å². The first-order chi connectivity index (χ1) is 6.69. The van der Waals surface area contributed by atoms with Gasteiger partial charge in [0, 0.05) is 13.5 Å². The minimum Gasteiger partial charge on any atom is -0.456 e. The molecule has 0 fully saturated rings. The van der Waals surface area contributed by atoms with Gasteiger partial charge in [0.1, 0.15) is 12.3 Å². The molecule has 14 heavy (non-hydrogen) atoms. The zero-order chi connectivity index (χ0) is 10.6. The summed E-state index contributed by atoms with van der Waals surface area (Å²) in [7, 11) is 1.57. The Kier molecular flexibility index (Phi) is 3.29. The highest BCUT2D eigenvalue weighted by Gasteiger charge is 2.14. The van der Waals surface area contributed by atoms with Crippen LogP contribution < -0.4 is 0 Å². The SMILES string of the molecule is CCc1ccc(C(=O)N(C)CC#N)o1. The zero-order valence-electron chi connectivity index (χ0n) is 8.28. The molecule has 0 saturated carbocycles. The minimum atomic E-state index is -0.258. The van der Waals surface area contributed by atoms with Crippen molar-refractivity contribution in [1.29, 1.82) is 5.26 Å². The third kappa shape index (κ3) is 2.13. The van der Waals surface area contributed by atoms with Crippen molar-refractivity contribution in [2.24, 2.45) is 0 Å². The number of carbonyl (C=O) groups is 1. The van der Waals surface area contributed by atoms with Gasteiger partial charge in [-0.25, -0.2) is 0 Å². The molecule has 1 rings (SSSR count). The topological polar surface area (TPSA) is 57.2 Å². The van der Waals surface area contributed by atoms with Gasteiger partial charge in [0.15, 0.2) is 5.76 Å². The number of amides is 1. The molecule has 1 aromatic rings. The molecule has 0 aliphatic heterocycles. The maximum Gasteiger partial charge on any atom is 0.290 e. The summed E-state index contributed by atoms with van der Waals surface area (Å²) < 4.78 is 5.26. The summed E-state index contributed by atoms with van der Waals surface area (Å²) in [4.78, 5) is 12.9. The van der Waals surface area contributed by atoms with Crippen LogP contribution in [-0.4, -0.2) is 24.4 Å². The largest absolute Gasteiger partial charge is 0.456 e. The molecule has 0 aromatic carbocycles. The van der Waals surface area contributed by atoms with Crippen LogP contribution in [0.2, 0.25) is 0 Å². The quantitative estimate of drug-likeness (QED) is 0.681. The molecular weight excluding hydrogens is 180 g/mol. The Bertz CT molecular complexity index is 362. The second-order valence-electron chi connectivity index (χ2n) is 2.94. The van der Waals surface area contributed by atoms with E-state index in [9.17, 15) is 4.79 Å². The number of nitriles is 1. The monoisotopic (exact) mass is 192 g/mol. The van der Waals surface area contributed by atoms with Gasteiger partial charge in [-0.05, 0) is 12.1 Å². The van der Waals surface area contributed by atoms with Crippen molar-refractivity contribution in [2.75, 3.05) is 13.6 Å². The Balaban J connectivity index is 2.74. The van der Waals surface area contributed by atoms with Crippen LogP contribution in [0.5, 0.6) is 0 Å². The summed E-state index contributed by atoms with van der Waals surface area (Å²) >= 11 is 0. The summed E-state index contributed by atoms with van der Waals surface area (Å²) in [5.74, 6) is 0.810. The molecule has 4 nitrogen and oxygen atoms in total. The van der Waals surface area contributed by atoms with Crippen LogP contribution in [-0.2, 0) is 6.42 Å². The Hall–Kier alpha value is -1.76. The first-order valence-electron chi connectivity index (χ1n) is 4.40. The van der Waals surface area contributed by atoms with E-state index in [0.717, 1.165) is 12.2 Å². The fourth-order valence-electron chi connectivity index (χ4n) is 1.05. The molecule has 0 saturated heterocycles. The lowest BCUT2D eigenvalue weighted by Gasteiger charge is -2.10. The van der Waals surface area contributed by atoms with Gasteiger partial charge in [-0.3, -0.25) is 4.79 Å². The minimum absolute atomic E-state index is 0.0704. The van der Waals surface area contributed by atoms with Crippen LogP contribution in [0, 0.1) is 11.3 Å². The van der Waals surface area contributed by atoms with Crippen molar-refractivity contribution in [3.63, 3.8) is 0 Å². The summed E-state index contributed by atoms with van der Waals surface area (Å²) in [5, 5.41) is 8.41. The van der Waals surface area contributed by atoms with Crippen LogP contribution in [0.3, 0.4) is 0 Å². The zero-order valence-corrected chi connectivity index (χ0v) is 8.28. The number of aryl methyl sites for hydroxylation is 1. The lowest BCUT2D eigenvalue weighted by atomic mass is 10.3. The third-order valence-corrected chi connectivity index (χ3v) is 1.88. The highest BCUT2D eigenvalue weighted by molar-refractivity contribution is 5.91. The lowest BCUT2D eigenvalue weighted by molar-refractivity contribution is 0.0779. The Labute approximate surface area is 82.7 Å². The molecule has 0 aliphatic carbocycles. The molecule has 0 atom stereocenters. The van der Waals surface area contributed by atoms with Gasteiger partial charge in [0.05, 0.1) is 6.07 Å². The van der Waals surface area contributed by atoms with Crippen molar-refractivity contribution in [1.82, 2.24) is 4.90 Å². The Morgan fingerprint density at radius 1 is 1.64 bits per heavy atom. The molecule has 1 heterocycles. The fraction of sp³-hybridized carbons (Fsp3) is 0.400. The van der Waals surface area contributed by atoms with Gasteiger partial charge >= 0.3 is 0 Å². The Morgan fingerprint density at radius 3 is 2.86 bits per heavy atom. The van der Waals surface area contributed by atoms with Crippen molar-refractivity contribution >= 4 is 5.91 Å². The van der Waals surface area contributed by atoms with Crippen LogP contribution in [0.15, 0.2) is 16.5 Å².